The van der Waals surface area contributed by atoms with Crippen molar-refractivity contribution in [3.63, 3.8) is 0 Å². The molecule has 0 aliphatic carbocycles. The second kappa shape index (κ2) is 5.36. The van der Waals surface area contributed by atoms with Gasteiger partial charge in [-0.3, -0.25) is 10.1 Å². The molecule has 1 N–H and O–H groups in total. The summed E-state index contributed by atoms with van der Waals surface area (Å²) in [5.74, 6) is 0.00373. The number of carbonyl (C=O) groups excluding carboxylic acids is 2. The standard InChI is InChI=1S/C13H14N2O3S/c1-7(2)18-13(17)15-12-14-10-5-4-9(8(3)16)6-11(10)19-12/h4-7H,1-3H3,(H,14,15,17). The molecule has 5 nitrogen and oxygen atoms in total. The van der Waals surface area contributed by atoms with Crippen LogP contribution >= 0.6 is 11.3 Å². The molecule has 0 unspecified atom stereocenters. The number of benzene rings is 1. The van der Waals surface area contributed by atoms with Crippen LogP contribution in [0.25, 0.3) is 10.2 Å². The van der Waals surface area contributed by atoms with E-state index in [9.17, 15) is 9.59 Å². The highest BCUT2D eigenvalue weighted by molar-refractivity contribution is 7.22. The molecule has 0 saturated heterocycles. The van der Waals surface area contributed by atoms with Crippen molar-refractivity contribution in [2.24, 2.45) is 0 Å². The van der Waals surface area contributed by atoms with Crippen molar-refractivity contribution in [3.8, 4) is 0 Å². The summed E-state index contributed by atoms with van der Waals surface area (Å²) in [4.78, 5) is 27.0. The molecule has 0 spiro atoms. The average Bonchev–Trinajstić information content (AvgIpc) is 2.68. The van der Waals surface area contributed by atoms with Gasteiger partial charge in [-0.25, -0.2) is 9.78 Å². The van der Waals surface area contributed by atoms with Gasteiger partial charge >= 0.3 is 6.09 Å². The summed E-state index contributed by atoms with van der Waals surface area (Å²) in [6.45, 7) is 5.06. The summed E-state index contributed by atoms with van der Waals surface area (Å²) in [6, 6.07) is 5.26. The monoisotopic (exact) mass is 278 g/mol. The number of nitrogens with zero attached hydrogens (tertiary/aromatic N) is 1. The Kier molecular flexibility index (Phi) is 3.80. The molecule has 6 heteroatoms. The van der Waals surface area contributed by atoms with Gasteiger partial charge in [-0.1, -0.05) is 11.3 Å². The van der Waals surface area contributed by atoms with Crippen molar-refractivity contribution >= 4 is 38.6 Å². The molecule has 2 aromatic rings. The molecular formula is C13H14N2O3S. The number of carbonyl (C=O) groups is 2. The highest BCUT2D eigenvalue weighted by Crippen LogP contribution is 2.27. The number of amides is 1. The Bertz CT molecular complexity index is 634. The minimum atomic E-state index is -0.527. The van der Waals surface area contributed by atoms with Crippen LogP contribution in [-0.2, 0) is 4.74 Å². The van der Waals surface area contributed by atoms with E-state index in [4.69, 9.17) is 4.74 Å². The SMILES string of the molecule is CC(=O)c1ccc2nc(NC(=O)OC(C)C)sc2c1. The molecule has 1 aromatic carbocycles. The van der Waals surface area contributed by atoms with Crippen molar-refractivity contribution in [2.75, 3.05) is 5.32 Å². The molecular weight excluding hydrogens is 264 g/mol. The summed E-state index contributed by atoms with van der Waals surface area (Å²) in [5.41, 5.74) is 1.38. The van der Waals surface area contributed by atoms with Gasteiger partial charge in [0.2, 0.25) is 0 Å². The summed E-state index contributed by atoms with van der Waals surface area (Å²) in [7, 11) is 0. The van der Waals surface area contributed by atoms with Crippen LogP contribution < -0.4 is 5.32 Å². The van der Waals surface area contributed by atoms with Crippen LogP contribution in [0.15, 0.2) is 18.2 Å². The lowest BCUT2D eigenvalue weighted by Gasteiger charge is -2.06. The zero-order valence-corrected chi connectivity index (χ0v) is 11.7. The Balaban J connectivity index is 2.22. The first-order valence-corrected chi connectivity index (χ1v) is 6.66. The van der Waals surface area contributed by atoms with Crippen LogP contribution in [0.5, 0.6) is 0 Å². The van der Waals surface area contributed by atoms with E-state index < -0.39 is 6.09 Å². The number of anilines is 1. The van der Waals surface area contributed by atoms with Crippen LogP contribution in [-0.4, -0.2) is 23.0 Å². The van der Waals surface area contributed by atoms with Gasteiger partial charge in [0, 0.05) is 5.56 Å². The van der Waals surface area contributed by atoms with E-state index in [0.717, 1.165) is 10.2 Å². The molecule has 1 aromatic heterocycles. The predicted octanol–water partition coefficient (Wildman–Crippen LogP) is 3.46. The Morgan fingerprint density at radius 1 is 1.37 bits per heavy atom. The molecule has 0 atom stereocenters. The second-order valence-corrected chi connectivity index (χ2v) is 5.37. The fourth-order valence-electron chi connectivity index (χ4n) is 1.53. The normalized spacial score (nSPS) is 10.7. The van der Waals surface area contributed by atoms with Gasteiger partial charge in [0.15, 0.2) is 10.9 Å². The summed E-state index contributed by atoms with van der Waals surface area (Å²) >= 11 is 1.31. The van der Waals surface area contributed by atoms with E-state index in [1.165, 1.54) is 18.3 Å². The van der Waals surface area contributed by atoms with Crippen molar-refractivity contribution in [1.82, 2.24) is 4.98 Å². The maximum absolute atomic E-state index is 11.5. The zero-order valence-electron chi connectivity index (χ0n) is 10.9. The number of ketones is 1. The van der Waals surface area contributed by atoms with Crippen LogP contribution in [0.4, 0.5) is 9.93 Å². The van der Waals surface area contributed by atoms with E-state index in [0.29, 0.717) is 10.7 Å². The third-order valence-electron chi connectivity index (χ3n) is 2.35. The Morgan fingerprint density at radius 2 is 2.11 bits per heavy atom. The molecule has 0 aliphatic rings. The molecule has 0 bridgehead atoms. The van der Waals surface area contributed by atoms with Crippen LogP contribution in [0.1, 0.15) is 31.1 Å². The number of hydrogen-bond donors (Lipinski definition) is 1. The Hall–Kier alpha value is -1.95. The van der Waals surface area contributed by atoms with Gasteiger partial charge in [0.1, 0.15) is 0 Å². The zero-order chi connectivity index (χ0) is 14.0. The minimum Gasteiger partial charge on any atom is -0.447 e. The van der Waals surface area contributed by atoms with Gasteiger partial charge in [-0.2, -0.15) is 0 Å². The summed E-state index contributed by atoms with van der Waals surface area (Å²) in [5, 5.41) is 3.03. The van der Waals surface area contributed by atoms with E-state index in [1.54, 1.807) is 32.0 Å². The molecule has 19 heavy (non-hydrogen) atoms. The number of fused-ring (bicyclic) bond motifs is 1. The highest BCUT2D eigenvalue weighted by atomic mass is 32.1. The van der Waals surface area contributed by atoms with Crippen molar-refractivity contribution in [1.29, 1.82) is 0 Å². The van der Waals surface area contributed by atoms with Crippen molar-refractivity contribution in [3.05, 3.63) is 23.8 Å². The molecule has 2 rings (SSSR count). The maximum atomic E-state index is 11.5. The quantitative estimate of drug-likeness (QED) is 0.873. The molecule has 1 amide bonds. The number of aromatic nitrogens is 1. The fraction of sp³-hybridized carbons (Fsp3) is 0.308. The molecule has 100 valence electrons. The Morgan fingerprint density at radius 3 is 2.74 bits per heavy atom. The van der Waals surface area contributed by atoms with Crippen LogP contribution in [0, 0.1) is 0 Å². The second-order valence-electron chi connectivity index (χ2n) is 4.34. The van der Waals surface area contributed by atoms with Crippen LogP contribution in [0.2, 0.25) is 0 Å². The lowest BCUT2D eigenvalue weighted by atomic mass is 10.1. The molecule has 0 aliphatic heterocycles. The van der Waals surface area contributed by atoms with Crippen LogP contribution in [0.3, 0.4) is 0 Å². The highest BCUT2D eigenvalue weighted by Gasteiger charge is 2.11. The summed E-state index contributed by atoms with van der Waals surface area (Å²) < 4.78 is 5.83. The van der Waals surface area contributed by atoms with E-state index >= 15 is 0 Å². The first-order chi connectivity index (χ1) is 8.95. The van der Waals surface area contributed by atoms with E-state index in [1.807, 2.05) is 0 Å². The third kappa shape index (κ3) is 3.29. The number of Topliss-reactive ketones (excluding diaryl/α,β-unsaturated/α-hetero) is 1. The number of ether oxygens (including phenoxy) is 1. The smallest absolute Gasteiger partial charge is 0.413 e. The first kappa shape index (κ1) is 13.5. The Labute approximate surface area is 114 Å². The topological polar surface area (TPSA) is 68.3 Å². The summed E-state index contributed by atoms with van der Waals surface area (Å²) in [6.07, 6.45) is -0.709. The van der Waals surface area contributed by atoms with Gasteiger partial charge in [-0.15, -0.1) is 0 Å². The fourth-order valence-corrected chi connectivity index (χ4v) is 2.42. The number of nitrogens with one attached hydrogen (secondary N) is 1. The van der Waals surface area contributed by atoms with Gasteiger partial charge in [0.25, 0.3) is 0 Å². The minimum absolute atomic E-state index is 0.00373. The third-order valence-corrected chi connectivity index (χ3v) is 3.28. The van der Waals surface area contributed by atoms with E-state index in [2.05, 4.69) is 10.3 Å². The molecule has 0 fully saturated rings. The molecule has 0 saturated carbocycles. The largest absolute Gasteiger partial charge is 0.447 e. The van der Waals surface area contributed by atoms with E-state index in [-0.39, 0.29) is 11.9 Å². The number of thiazole rings is 1. The number of rotatable bonds is 3. The van der Waals surface area contributed by atoms with Gasteiger partial charge in [0.05, 0.1) is 16.3 Å². The molecule has 1 heterocycles. The van der Waals surface area contributed by atoms with Gasteiger partial charge in [-0.05, 0) is 39.0 Å². The lowest BCUT2D eigenvalue weighted by molar-refractivity contribution is 0.101. The lowest BCUT2D eigenvalue weighted by Crippen LogP contribution is -2.17. The predicted molar refractivity (Wildman–Crippen MR) is 74.9 cm³/mol. The average molecular weight is 278 g/mol. The van der Waals surface area contributed by atoms with Crippen molar-refractivity contribution < 1.29 is 14.3 Å². The first-order valence-electron chi connectivity index (χ1n) is 5.85. The van der Waals surface area contributed by atoms with Crippen molar-refractivity contribution in [2.45, 2.75) is 26.9 Å². The molecule has 0 radical (unpaired) electrons. The number of hydrogen-bond acceptors (Lipinski definition) is 5. The van der Waals surface area contributed by atoms with Gasteiger partial charge < -0.3 is 4.74 Å². The maximum Gasteiger partial charge on any atom is 0.413 e.